The Hall–Kier alpha value is -0.820. The van der Waals surface area contributed by atoms with Crippen LogP contribution >= 0.6 is 0 Å². The van der Waals surface area contributed by atoms with Gasteiger partial charge in [-0.05, 0) is 29.4 Å². The molecule has 1 aromatic carbocycles. The predicted molar refractivity (Wildman–Crippen MR) is 53.6 cm³/mol. The van der Waals surface area contributed by atoms with Crippen molar-refractivity contribution in [2.75, 3.05) is 0 Å². The summed E-state index contributed by atoms with van der Waals surface area (Å²) in [6.45, 7) is 4.33. The Balaban J connectivity index is 2.47. The molecule has 70 valence electrons. The molecule has 3 atom stereocenters. The van der Waals surface area contributed by atoms with Gasteiger partial charge in [0.1, 0.15) is 0 Å². The first-order valence-electron chi connectivity index (χ1n) is 5.02. The molecule has 0 aromatic heterocycles. The van der Waals surface area contributed by atoms with Crippen LogP contribution in [0.1, 0.15) is 43.4 Å². The molecule has 0 aliphatic heterocycles. The lowest BCUT2D eigenvalue weighted by Gasteiger charge is -2.15. The molecule has 0 saturated carbocycles. The van der Waals surface area contributed by atoms with Crippen molar-refractivity contribution in [1.82, 2.24) is 0 Å². The molecule has 0 bridgehead atoms. The summed E-state index contributed by atoms with van der Waals surface area (Å²) in [6, 6.07) is 8.27. The number of aliphatic hydroxyl groups is 1. The van der Waals surface area contributed by atoms with Crippen LogP contribution in [0.3, 0.4) is 0 Å². The maximum Gasteiger partial charge on any atom is 0.0824 e. The molecule has 1 N–H and O–H groups in total. The summed E-state index contributed by atoms with van der Waals surface area (Å²) in [7, 11) is 0. The van der Waals surface area contributed by atoms with E-state index in [1.165, 1.54) is 5.56 Å². The average molecular weight is 176 g/mol. The Morgan fingerprint density at radius 2 is 1.85 bits per heavy atom. The van der Waals surface area contributed by atoms with E-state index in [0.29, 0.717) is 11.8 Å². The normalized spacial score (nSPS) is 31.8. The summed E-state index contributed by atoms with van der Waals surface area (Å²) < 4.78 is 0. The van der Waals surface area contributed by atoms with Gasteiger partial charge in [-0.25, -0.2) is 0 Å². The van der Waals surface area contributed by atoms with Crippen molar-refractivity contribution in [2.45, 2.75) is 32.3 Å². The van der Waals surface area contributed by atoms with Gasteiger partial charge in [0.2, 0.25) is 0 Å². The lowest BCUT2D eigenvalue weighted by atomic mass is 9.91. The molecule has 2 unspecified atom stereocenters. The SMILES string of the molecule is CCC1c2ccccc2[C@@H](O)C1C. The number of rotatable bonds is 1. The molecule has 0 amide bonds. The fourth-order valence-electron chi connectivity index (χ4n) is 2.50. The van der Waals surface area contributed by atoms with Gasteiger partial charge < -0.3 is 5.11 Å². The van der Waals surface area contributed by atoms with Crippen molar-refractivity contribution in [3.8, 4) is 0 Å². The molecule has 0 fully saturated rings. The maximum atomic E-state index is 9.95. The predicted octanol–water partition coefficient (Wildman–Crippen LogP) is 2.86. The second-order valence-electron chi connectivity index (χ2n) is 3.95. The van der Waals surface area contributed by atoms with Crippen LogP contribution in [0.5, 0.6) is 0 Å². The van der Waals surface area contributed by atoms with Gasteiger partial charge in [-0.3, -0.25) is 0 Å². The zero-order valence-corrected chi connectivity index (χ0v) is 8.20. The minimum atomic E-state index is -0.249. The smallest absolute Gasteiger partial charge is 0.0824 e. The third-order valence-electron chi connectivity index (χ3n) is 3.29. The van der Waals surface area contributed by atoms with Gasteiger partial charge in [-0.1, -0.05) is 38.1 Å². The molecule has 0 spiro atoms. The van der Waals surface area contributed by atoms with Crippen LogP contribution in [0.15, 0.2) is 24.3 Å². The molecule has 1 aromatic rings. The monoisotopic (exact) mass is 176 g/mol. The Kier molecular flexibility index (Phi) is 2.12. The zero-order valence-electron chi connectivity index (χ0n) is 8.20. The van der Waals surface area contributed by atoms with Crippen molar-refractivity contribution in [3.05, 3.63) is 35.4 Å². The molecular weight excluding hydrogens is 160 g/mol. The number of fused-ring (bicyclic) bond motifs is 1. The van der Waals surface area contributed by atoms with Crippen molar-refractivity contribution >= 4 is 0 Å². The highest BCUT2D eigenvalue weighted by Gasteiger charge is 2.34. The Labute approximate surface area is 79.4 Å². The maximum absolute atomic E-state index is 9.95. The highest BCUT2D eigenvalue weighted by Crippen LogP contribution is 2.46. The van der Waals surface area contributed by atoms with Gasteiger partial charge in [-0.15, -0.1) is 0 Å². The first-order chi connectivity index (χ1) is 6.25. The minimum Gasteiger partial charge on any atom is -0.388 e. The van der Waals surface area contributed by atoms with E-state index in [9.17, 15) is 5.11 Å². The van der Waals surface area contributed by atoms with E-state index >= 15 is 0 Å². The van der Waals surface area contributed by atoms with Gasteiger partial charge in [0.25, 0.3) is 0 Å². The second-order valence-corrected chi connectivity index (χ2v) is 3.95. The number of hydrogen-bond acceptors (Lipinski definition) is 1. The summed E-state index contributed by atoms with van der Waals surface area (Å²) >= 11 is 0. The number of aliphatic hydroxyl groups excluding tert-OH is 1. The Morgan fingerprint density at radius 3 is 2.46 bits per heavy atom. The molecule has 1 aliphatic rings. The largest absolute Gasteiger partial charge is 0.388 e. The van der Waals surface area contributed by atoms with Crippen molar-refractivity contribution in [3.63, 3.8) is 0 Å². The van der Waals surface area contributed by atoms with E-state index in [1.807, 2.05) is 12.1 Å². The van der Waals surface area contributed by atoms with Crippen LogP contribution < -0.4 is 0 Å². The zero-order chi connectivity index (χ0) is 9.42. The fraction of sp³-hybridized carbons (Fsp3) is 0.500. The minimum absolute atomic E-state index is 0.249. The van der Waals surface area contributed by atoms with Gasteiger partial charge in [0.15, 0.2) is 0 Å². The van der Waals surface area contributed by atoms with Crippen LogP contribution in [0.4, 0.5) is 0 Å². The van der Waals surface area contributed by atoms with Gasteiger partial charge >= 0.3 is 0 Å². The van der Waals surface area contributed by atoms with Gasteiger partial charge in [-0.2, -0.15) is 0 Å². The first kappa shape index (κ1) is 8.76. The number of benzene rings is 1. The summed E-state index contributed by atoms with van der Waals surface area (Å²) in [6.07, 6.45) is 0.871. The molecule has 13 heavy (non-hydrogen) atoms. The highest BCUT2D eigenvalue weighted by atomic mass is 16.3. The molecule has 2 rings (SSSR count). The summed E-state index contributed by atoms with van der Waals surface area (Å²) in [5.74, 6) is 0.925. The quantitative estimate of drug-likeness (QED) is 0.697. The molecule has 0 radical (unpaired) electrons. The van der Waals surface area contributed by atoms with E-state index < -0.39 is 0 Å². The standard InChI is InChI=1S/C12H16O/c1-3-9-8(2)12(13)11-7-5-4-6-10(9)11/h4-9,12-13H,3H2,1-2H3/t8?,9?,12-/m0/s1. The molecular formula is C12H16O. The molecule has 1 aliphatic carbocycles. The van der Waals surface area contributed by atoms with Crippen LogP contribution in [0.25, 0.3) is 0 Å². The number of hydrogen-bond donors (Lipinski definition) is 1. The van der Waals surface area contributed by atoms with E-state index in [-0.39, 0.29) is 6.10 Å². The lowest BCUT2D eigenvalue weighted by Crippen LogP contribution is -2.06. The Morgan fingerprint density at radius 1 is 1.23 bits per heavy atom. The Bertz CT molecular complexity index is 306. The van der Waals surface area contributed by atoms with E-state index in [2.05, 4.69) is 26.0 Å². The molecule has 1 heteroatoms. The van der Waals surface area contributed by atoms with Gasteiger partial charge in [0, 0.05) is 0 Å². The van der Waals surface area contributed by atoms with Crippen LogP contribution in [0.2, 0.25) is 0 Å². The van der Waals surface area contributed by atoms with E-state index in [0.717, 1.165) is 12.0 Å². The van der Waals surface area contributed by atoms with E-state index in [4.69, 9.17) is 0 Å². The third-order valence-corrected chi connectivity index (χ3v) is 3.29. The van der Waals surface area contributed by atoms with Crippen LogP contribution in [0, 0.1) is 5.92 Å². The average Bonchev–Trinajstić information content (AvgIpc) is 2.41. The fourth-order valence-corrected chi connectivity index (χ4v) is 2.50. The van der Waals surface area contributed by atoms with Crippen molar-refractivity contribution in [1.29, 1.82) is 0 Å². The summed E-state index contributed by atoms with van der Waals surface area (Å²) in [5.41, 5.74) is 2.49. The molecule has 0 heterocycles. The van der Waals surface area contributed by atoms with Gasteiger partial charge in [0.05, 0.1) is 6.10 Å². The third kappa shape index (κ3) is 1.19. The lowest BCUT2D eigenvalue weighted by molar-refractivity contribution is 0.120. The molecule has 0 saturated heterocycles. The summed E-state index contributed by atoms with van der Waals surface area (Å²) in [5, 5.41) is 9.95. The highest BCUT2D eigenvalue weighted by molar-refractivity contribution is 5.37. The topological polar surface area (TPSA) is 20.2 Å². The van der Waals surface area contributed by atoms with Crippen molar-refractivity contribution in [2.24, 2.45) is 5.92 Å². The van der Waals surface area contributed by atoms with Crippen molar-refractivity contribution < 1.29 is 5.11 Å². The van der Waals surface area contributed by atoms with E-state index in [1.54, 1.807) is 0 Å². The first-order valence-corrected chi connectivity index (χ1v) is 5.02. The van der Waals surface area contributed by atoms with Crippen LogP contribution in [-0.2, 0) is 0 Å². The van der Waals surface area contributed by atoms with Crippen LogP contribution in [-0.4, -0.2) is 5.11 Å². The summed E-state index contributed by atoms with van der Waals surface area (Å²) in [4.78, 5) is 0. The second kappa shape index (κ2) is 3.15. The molecule has 1 nitrogen and oxygen atoms in total.